The number of ether oxygens (including phenoxy) is 2. The molecule has 0 radical (unpaired) electrons. The molecule has 2 atom stereocenters. The number of aliphatic carboxylic acids is 1. The van der Waals surface area contributed by atoms with Crippen molar-refractivity contribution >= 4 is 5.97 Å². The minimum atomic E-state index is -0.834. The summed E-state index contributed by atoms with van der Waals surface area (Å²) < 4.78 is 12.3. The van der Waals surface area contributed by atoms with Crippen LogP contribution >= 0.6 is 0 Å². The van der Waals surface area contributed by atoms with Gasteiger partial charge in [-0.25, -0.2) is 0 Å². The van der Waals surface area contributed by atoms with E-state index in [0.717, 1.165) is 24.8 Å². The first-order valence-corrected chi connectivity index (χ1v) is 22.2. The van der Waals surface area contributed by atoms with E-state index in [1.54, 1.807) is 0 Å². The second-order valence-electron chi connectivity index (χ2n) is 15.3. The van der Waals surface area contributed by atoms with Crippen molar-refractivity contribution in [2.45, 2.75) is 231 Å². The van der Waals surface area contributed by atoms with Crippen molar-refractivity contribution in [3.8, 4) is 0 Å². The molecule has 2 unspecified atom stereocenters. The van der Waals surface area contributed by atoms with Gasteiger partial charge in [0.05, 0.1) is 12.7 Å². The molecule has 1 N–H and O–H groups in total. The zero-order valence-corrected chi connectivity index (χ0v) is 33.5. The number of carbonyl (C=O) groups is 1. The van der Waals surface area contributed by atoms with Crippen molar-refractivity contribution in [3.63, 3.8) is 0 Å². The van der Waals surface area contributed by atoms with Crippen molar-refractivity contribution < 1.29 is 19.4 Å². The molecule has 1 aromatic carbocycles. The highest BCUT2D eigenvalue weighted by Gasteiger charge is 2.30. The van der Waals surface area contributed by atoms with Gasteiger partial charge in [0.1, 0.15) is 5.92 Å². The number of rotatable bonds is 40. The first kappa shape index (κ1) is 46.6. The number of hydrogen-bond donors (Lipinski definition) is 1. The number of benzene rings is 1. The molecule has 4 nitrogen and oxygen atoms in total. The second-order valence-corrected chi connectivity index (χ2v) is 15.3. The van der Waals surface area contributed by atoms with Gasteiger partial charge in [-0.1, -0.05) is 237 Å². The van der Waals surface area contributed by atoms with E-state index in [1.165, 1.54) is 186 Å². The van der Waals surface area contributed by atoms with Crippen LogP contribution in [0.15, 0.2) is 30.3 Å². The summed E-state index contributed by atoms with van der Waals surface area (Å²) in [5, 5.41) is 10.2. The van der Waals surface area contributed by atoms with Gasteiger partial charge in [-0.2, -0.15) is 0 Å². The fourth-order valence-electron chi connectivity index (χ4n) is 7.25. The lowest BCUT2D eigenvalue weighted by molar-refractivity contribution is -0.145. The van der Waals surface area contributed by atoms with E-state index in [0.29, 0.717) is 19.8 Å². The maximum Gasteiger partial charge on any atom is 0.313 e. The SMILES string of the molecule is CCCCCCCCCCCCCCCCCCOCC(OCCCCCCCCCCCCCCCCCC)C(C(=O)O)c1ccccc1. The Bertz CT molecular complexity index is 812. The lowest BCUT2D eigenvalue weighted by atomic mass is 9.93. The van der Waals surface area contributed by atoms with Crippen LogP contribution in [0.1, 0.15) is 231 Å². The molecule has 0 aromatic heterocycles. The lowest BCUT2D eigenvalue weighted by Crippen LogP contribution is -2.33. The van der Waals surface area contributed by atoms with Crippen LogP contribution in [0.5, 0.6) is 0 Å². The van der Waals surface area contributed by atoms with Gasteiger partial charge in [0.15, 0.2) is 0 Å². The van der Waals surface area contributed by atoms with Gasteiger partial charge in [-0.3, -0.25) is 4.79 Å². The van der Waals surface area contributed by atoms with E-state index < -0.39 is 18.0 Å². The molecule has 0 saturated carbocycles. The van der Waals surface area contributed by atoms with Crippen LogP contribution in [0.25, 0.3) is 0 Å². The van der Waals surface area contributed by atoms with Gasteiger partial charge in [0, 0.05) is 13.2 Å². The molecule has 1 rings (SSSR count). The van der Waals surface area contributed by atoms with Gasteiger partial charge in [0.25, 0.3) is 0 Å². The van der Waals surface area contributed by atoms with Crippen LogP contribution in [-0.4, -0.2) is 37.0 Å². The van der Waals surface area contributed by atoms with Crippen molar-refractivity contribution in [3.05, 3.63) is 35.9 Å². The molecule has 0 amide bonds. The van der Waals surface area contributed by atoms with Crippen LogP contribution in [0.4, 0.5) is 0 Å². The number of carboxylic acids is 1. The molecule has 0 spiro atoms. The van der Waals surface area contributed by atoms with E-state index in [1.807, 2.05) is 30.3 Å². The van der Waals surface area contributed by atoms with Crippen LogP contribution in [0, 0.1) is 0 Å². The molecule has 0 saturated heterocycles. The molecule has 0 aliphatic carbocycles. The third-order valence-electron chi connectivity index (χ3n) is 10.6. The van der Waals surface area contributed by atoms with Gasteiger partial charge in [0.2, 0.25) is 0 Å². The van der Waals surface area contributed by atoms with Crippen molar-refractivity contribution in [1.82, 2.24) is 0 Å². The van der Waals surface area contributed by atoms with Gasteiger partial charge < -0.3 is 14.6 Å². The Morgan fingerprint density at radius 3 is 1.14 bits per heavy atom. The molecule has 292 valence electrons. The zero-order valence-electron chi connectivity index (χ0n) is 33.5. The van der Waals surface area contributed by atoms with E-state index in [2.05, 4.69) is 13.8 Å². The Balaban J connectivity index is 2.14. The van der Waals surface area contributed by atoms with Crippen LogP contribution in [-0.2, 0) is 14.3 Å². The average Bonchev–Trinajstić information content (AvgIpc) is 3.12. The monoisotopic (exact) mass is 701 g/mol. The predicted octanol–water partition coefficient (Wildman–Crippen LogP) is 14.8. The lowest BCUT2D eigenvalue weighted by Gasteiger charge is -2.25. The predicted molar refractivity (Wildman–Crippen MR) is 216 cm³/mol. The van der Waals surface area contributed by atoms with Crippen molar-refractivity contribution in [2.75, 3.05) is 19.8 Å². The van der Waals surface area contributed by atoms with Gasteiger partial charge in [-0.05, 0) is 18.4 Å². The number of unbranched alkanes of at least 4 members (excludes halogenated alkanes) is 30. The summed E-state index contributed by atoms with van der Waals surface area (Å²) in [7, 11) is 0. The highest BCUT2D eigenvalue weighted by molar-refractivity contribution is 5.77. The normalized spacial score (nSPS) is 12.8. The third kappa shape index (κ3) is 29.2. The molecule has 50 heavy (non-hydrogen) atoms. The molecule has 0 bridgehead atoms. The fourth-order valence-corrected chi connectivity index (χ4v) is 7.25. The number of carboxylic acid groups (broad SMARTS) is 1. The van der Waals surface area contributed by atoms with Crippen LogP contribution < -0.4 is 0 Å². The smallest absolute Gasteiger partial charge is 0.313 e. The quantitative estimate of drug-likeness (QED) is 0.0692. The Hall–Kier alpha value is -1.39. The first-order valence-electron chi connectivity index (χ1n) is 22.2. The Labute approximate surface area is 311 Å². The Morgan fingerprint density at radius 1 is 0.480 bits per heavy atom. The highest BCUT2D eigenvalue weighted by atomic mass is 16.5. The molecular formula is C46H84O4. The van der Waals surface area contributed by atoms with Gasteiger partial charge >= 0.3 is 5.97 Å². The maximum atomic E-state index is 12.4. The van der Waals surface area contributed by atoms with Gasteiger partial charge in [-0.15, -0.1) is 0 Å². The summed E-state index contributed by atoms with van der Waals surface area (Å²) in [5.74, 6) is -1.54. The van der Waals surface area contributed by atoms with Crippen molar-refractivity contribution in [1.29, 1.82) is 0 Å². The van der Waals surface area contributed by atoms with Crippen LogP contribution in [0.2, 0.25) is 0 Å². The summed E-state index contributed by atoms with van der Waals surface area (Å²) in [6.45, 7) is 6.19. The number of hydrogen-bond acceptors (Lipinski definition) is 3. The van der Waals surface area contributed by atoms with E-state index in [4.69, 9.17) is 9.47 Å². The summed E-state index contributed by atoms with van der Waals surface area (Å²) in [5.41, 5.74) is 0.794. The second kappa shape index (κ2) is 37.4. The molecule has 1 aromatic rings. The molecular weight excluding hydrogens is 617 g/mol. The fraction of sp³-hybridized carbons (Fsp3) is 0.848. The van der Waals surface area contributed by atoms with Crippen molar-refractivity contribution in [2.24, 2.45) is 0 Å². The van der Waals surface area contributed by atoms with E-state index >= 15 is 0 Å². The van der Waals surface area contributed by atoms with E-state index in [-0.39, 0.29) is 0 Å². The first-order chi connectivity index (χ1) is 24.7. The molecule has 0 aliphatic heterocycles. The summed E-state index contributed by atoms with van der Waals surface area (Å²) >= 11 is 0. The Kier molecular flexibility index (Phi) is 34.9. The topological polar surface area (TPSA) is 55.8 Å². The molecule has 0 fully saturated rings. The standard InChI is InChI=1S/C46H84O4/c1-3-5-7-9-11-13-15-17-19-21-23-25-27-29-31-36-40-49-42-44(45(46(47)48)43-38-34-33-35-39-43)50-41-37-32-30-28-26-24-22-20-18-16-14-12-10-8-6-4-2/h33-35,38-39,44-45H,3-32,36-37,40-42H2,1-2H3,(H,47,48). The van der Waals surface area contributed by atoms with Crippen LogP contribution in [0.3, 0.4) is 0 Å². The molecule has 0 aliphatic rings. The largest absolute Gasteiger partial charge is 0.481 e. The summed E-state index contributed by atoms with van der Waals surface area (Å²) in [4.78, 5) is 12.4. The maximum absolute atomic E-state index is 12.4. The molecule has 0 heterocycles. The summed E-state index contributed by atoms with van der Waals surface area (Å²) in [6, 6.07) is 9.56. The minimum Gasteiger partial charge on any atom is -0.481 e. The zero-order chi connectivity index (χ0) is 36.0. The third-order valence-corrected chi connectivity index (χ3v) is 10.6. The minimum absolute atomic E-state index is 0.337. The highest BCUT2D eigenvalue weighted by Crippen LogP contribution is 2.24. The Morgan fingerprint density at radius 2 is 0.800 bits per heavy atom. The average molecular weight is 701 g/mol. The van der Waals surface area contributed by atoms with E-state index in [9.17, 15) is 9.90 Å². The summed E-state index contributed by atoms with van der Waals surface area (Å²) in [6.07, 6.45) is 42.6. The molecule has 4 heteroatoms.